The molecule has 4 heteroatoms. The van der Waals surface area contributed by atoms with Crippen LogP contribution in [0, 0.1) is 0 Å². The van der Waals surface area contributed by atoms with Crippen molar-refractivity contribution in [3.8, 4) is 5.75 Å². The Balaban J connectivity index is 2.09. The summed E-state index contributed by atoms with van der Waals surface area (Å²) < 4.78 is 6.31. The van der Waals surface area contributed by atoms with Gasteiger partial charge in [0.05, 0.1) is 16.3 Å². The summed E-state index contributed by atoms with van der Waals surface area (Å²) in [5, 5.41) is 2.09. The maximum Gasteiger partial charge on any atom is 0.119 e. The van der Waals surface area contributed by atoms with Crippen LogP contribution in [0.4, 0.5) is 0 Å². The van der Waals surface area contributed by atoms with Crippen LogP contribution in [0.3, 0.4) is 0 Å². The molecule has 0 amide bonds. The van der Waals surface area contributed by atoms with Gasteiger partial charge in [-0.25, -0.2) is 0 Å². The van der Waals surface area contributed by atoms with Crippen molar-refractivity contribution < 1.29 is 4.74 Å². The highest BCUT2D eigenvalue weighted by Gasteiger charge is 2.11. The number of alkyl halides is 1. The molecule has 0 radical (unpaired) electrons. The van der Waals surface area contributed by atoms with Crippen LogP contribution in [0.15, 0.2) is 39.5 Å². The van der Waals surface area contributed by atoms with Crippen LogP contribution in [-0.2, 0) is 6.42 Å². The van der Waals surface area contributed by atoms with E-state index in [1.54, 1.807) is 18.4 Å². The van der Waals surface area contributed by atoms with E-state index < -0.39 is 0 Å². The van der Waals surface area contributed by atoms with Gasteiger partial charge in [-0.15, -0.1) is 22.9 Å². The summed E-state index contributed by atoms with van der Waals surface area (Å²) >= 11 is 11.5. The first-order chi connectivity index (χ1) is 8.19. The number of hydrogen-bond donors (Lipinski definition) is 0. The Morgan fingerprint density at radius 2 is 2.24 bits per heavy atom. The van der Waals surface area contributed by atoms with E-state index >= 15 is 0 Å². The van der Waals surface area contributed by atoms with Gasteiger partial charge in [-0.1, -0.05) is 12.1 Å². The molecule has 0 bridgehead atoms. The molecular formula is C13H12BrClOS. The van der Waals surface area contributed by atoms with E-state index in [9.17, 15) is 0 Å². The van der Waals surface area contributed by atoms with Gasteiger partial charge in [-0.05, 0) is 57.1 Å². The topological polar surface area (TPSA) is 9.23 Å². The molecule has 1 aromatic heterocycles. The van der Waals surface area contributed by atoms with Gasteiger partial charge in [-0.2, -0.15) is 0 Å². The number of benzene rings is 1. The highest BCUT2D eigenvalue weighted by molar-refractivity contribution is 9.11. The molecule has 2 aromatic rings. The first-order valence-corrected chi connectivity index (χ1v) is 7.31. The van der Waals surface area contributed by atoms with Crippen molar-refractivity contribution in [1.82, 2.24) is 0 Å². The van der Waals surface area contributed by atoms with Crippen LogP contribution in [0.5, 0.6) is 5.75 Å². The summed E-state index contributed by atoms with van der Waals surface area (Å²) in [5.41, 5.74) is 2.35. The molecule has 17 heavy (non-hydrogen) atoms. The number of halogens is 2. The zero-order valence-corrected chi connectivity index (χ0v) is 12.5. The summed E-state index contributed by atoms with van der Waals surface area (Å²) in [6.45, 7) is 0. The van der Waals surface area contributed by atoms with Gasteiger partial charge in [0.1, 0.15) is 5.75 Å². The average molecular weight is 332 g/mol. The Morgan fingerprint density at radius 1 is 1.41 bits per heavy atom. The Morgan fingerprint density at radius 3 is 2.88 bits per heavy atom. The molecule has 2 rings (SSSR count). The lowest BCUT2D eigenvalue weighted by Crippen LogP contribution is -1.94. The van der Waals surface area contributed by atoms with Crippen LogP contribution in [0.25, 0.3) is 0 Å². The van der Waals surface area contributed by atoms with Crippen molar-refractivity contribution in [3.63, 3.8) is 0 Å². The Kier molecular flexibility index (Phi) is 4.48. The van der Waals surface area contributed by atoms with Crippen LogP contribution >= 0.6 is 38.9 Å². The van der Waals surface area contributed by atoms with Crippen molar-refractivity contribution >= 4 is 38.9 Å². The van der Waals surface area contributed by atoms with Crippen molar-refractivity contribution in [1.29, 1.82) is 0 Å². The Bertz CT molecular complexity index is 498. The minimum Gasteiger partial charge on any atom is -0.497 e. The van der Waals surface area contributed by atoms with Crippen molar-refractivity contribution in [2.75, 3.05) is 7.11 Å². The summed E-state index contributed by atoms with van der Waals surface area (Å²) in [6.07, 6.45) is 0.807. The summed E-state index contributed by atoms with van der Waals surface area (Å²) in [4.78, 5) is 0. The summed E-state index contributed by atoms with van der Waals surface area (Å²) in [7, 11) is 1.67. The quantitative estimate of drug-likeness (QED) is 0.713. The summed E-state index contributed by atoms with van der Waals surface area (Å²) in [6, 6.07) is 10.1. The number of ether oxygens (including phenoxy) is 1. The standard InChI is InChI=1S/C13H12BrClOS/c1-16-11-4-2-3-9(5-11)6-12(15)10-7-13(14)17-8-10/h2-5,7-8,12H,6H2,1H3. The van der Waals surface area contributed by atoms with Crippen LogP contribution in [-0.4, -0.2) is 7.11 Å². The van der Waals surface area contributed by atoms with Crippen LogP contribution in [0.1, 0.15) is 16.5 Å². The molecule has 0 spiro atoms. The van der Waals surface area contributed by atoms with Gasteiger partial charge < -0.3 is 4.74 Å². The van der Waals surface area contributed by atoms with Gasteiger partial charge >= 0.3 is 0 Å². The average Bonchev–Trinajstić information content (AvgIpc) is 2.76. The highest BCUT2D eigenvalue weighted by Crippen LogP contribution is 2.31. The lowest BCUT2D eigenvalue weighted by Gasteiger charge is -2.08. The monoisotopic (exact) mass is 330 g/mol. The van der Waals surface area contributed by atoms with Crippen LogP contribution in [0.2, 0.25) is 0 Å². The molecule has 1 unspecified atom stereocenters. The molecule has 0 aliphatic heterocycles. The molecular weight excluding hydrogens is 320 g/mol. The normalized spacial score (nSPS) is 12.4. The largest absolute Gasteiger partial charge is 0.497 e. The minimum absolute atomic E-state index is 0.00431. The first-order valence-electron chi connectivity index (χ1n) is 5.20. The second kappa shape index (κ2) is 5.89. The van der Waals surface area contributed by atoms with Crippen molar-refractivity contribution in [3.05, 3.63) is 50.6 Å². The third kappa shape index (κ3) is 3.47. The third-order valence-electron chi connectivity index (χ3n) is 2.50. The Labute approximate surface area is 119 Å². The molecule has 1 nitrogen and oxygen atoms in total. The predicted octanol–water partition coefficient (Wildman–Crippen LogP) is 5.04. The van der Waals surface area contributed by atoms with Gasteiger partial charge in [0.25, 0.3) is 0 Å². The van der Waals surface area contributed by atoms with E-state index in [1.165, 1.54) is 5.56 Å². The fraction of sp³-hybridized carbons (Fsp3) is 0.231. The zero-order valence-electron chi connectivity index (χ0n) is 9.32. The van der Waals surface area contributed by atoms with Gasteiger partial charge in [0.2, 0.25) is 0 Å². The molecule has 1 heterocycles. The third-order valence-corrected chi connectivity index (χ3v) is 4.43. The van der Waals surface area contributed by atoms with Crippen molar-refractivity contribution in [2.45, 2.75) is 11.8 Å². The fourth-order valence-corrected chi connectivity index (χ4v) is 3.22. The van der Waals surface area contributed by atoms with E-state index in [0.717, 1.165) is 21.5 Å². The fourth-order valence-electron chi connectivity index (χ4n) is 1.61. The highest BCUT2D eigenvalue weighted by atomic mass is 79.9. The maximum absolute atomic E-state index is 6.39. The molecule has 0 aliphatic carbocycles. The van der Waals surface area contributed by atoms with Crippen molar-refractivity contribution in [2.24, 2.45) is 0 Å². The number of thiophene rings is 1. The summed E-state index contributed by atoms with van der Waals surface area (Å²) in [5.74, 6) is 0.873. The molecule has 1 aromatic carbocycles. The number of rotatable bonds is 4. The van der Waals surface area contributed by atoms with E-state index in [-0.39, 0.29) is 5.38 Å². The second-order valence-electron chi connectivity index (χ2n) is 3.71. The molecule has 0 aliphatic rings. The Hall–Kier alpha value is -0.510. The molecule has 1 atom stereocenters. The minimum atomic E-state index is 0.00431. The van der Waals surface area contributed by atoms with E-state index in [4.69, 9.17) is 16.3 Å². The van der Waals surface area contributed by atoms with Crippen LogP contribution < -0.4 is 4.74 Å². The molecule has 0 saturated heterocycles. The van der Waals surface area contributed by atoms with Gasteiger partial charge in [0, 0.05) is 0 Å². The van der Waals surface area contributed by atoms with Gasteiger partial charge in [0.15, 0.2) is 0 Å². The first kappa shape index (κ1) is 12.9. The lowest BCUT2D eigenvalue weighted by molar-refractivity contribution is 0.414. The van der Waals surface area contributed by atoms with Gasteiger partial charge in [-0.3, -0.25) is 0 Å². The number of methoxy groups -OCH3 is 1. The maximum atomic E-state index is 6.39. The number of hydrogen-bond acceptors (Lipinski definition) is 2. The van der Waals surface area contributed by atoms with E-state index in [1.807, 2.05) is 18.2 Å². The van der Waals surface area contributed by atoms with E-state index in [2.05, 4.69) is 33.4 Å². The second-order valence-corrected chi connectivity index (χ2v) is 6.52. The lowest BCUT2D eigenvalue weighted by atomic mass is 10.1. The molecule has 0 fully saturated rings. The zero-order chi connectivity index (χ0) is 12.3. The predicted molar refractivity (Wildman–Crippen MR) is 77.3 cm³/mol. The van der Waals surface area contributed by atoms with E-state index in [0.29, 0.717) is 0 Å². The molecule has 0 saturated carbocycles. The SMILES string of the molecule is COc1cccc(CC(Cl)c2csc(Br)c2)c1. The smallest absolute Gasteiger partial charge is 0.119 e. The molecule has 90 valence electrons. The molecule has 0 N–H and O–H groups in total.